The van der Waals surface area contributed by atoms with Gasteiger partial charge in [-0.3, -0.25) is 0 Å². The van der Waals surface area contributed by atoms with Crippen LogP contribution in [0.4, 0.5) is 0 Å². The molecule has 1 unspecified atom stereocenters. The Bertz CT molecular complexity index is 333. The molecule has 0 radical (unpaired) electrons. The summed E-state index contributed by atoms with van der Waals surface area (Å²) in [4.78, 5) is 0. The van der Waals surface area contributed by atoms with Gasteiger partial charge in [0.1, 0.15) is 0 Å². The lowest BCUT2D eigenvalue weighted by Crippen LogP contribution is -2.52. The molecule has 2 atom stereocenters. The average Bonchev–Trinajstić information content (AvgIpc) is 3.29. The first kappa shape index (κ1) is 13.6. The highest BCUT2D eigenvalue weighted by atomic mass is 16.3. The van der Waals surface area contributed by atoms with Crippen molar-refractivity contribution in [1.82, 2.24) is 5.32 Å². The van der Waals surface area contributed by atoms with Crippen molar-refractivity contribution in [2.24, 2.45) is 17.3 Å². The highest BCUT2D eigenvalue weighted by Gasteiger charge is 2.53. The fraction of sp³-hybridized carbons (Fsp3) is 1.00. The van der Waals surface area contributed by atoms with E-state index < -0.39 is 0 Å². The van der Waals surface area contributed by atoms with Crippen molar-refractivity contribution in [3.8, 4) is 0 Å². The maximum absolute atomic E-state index is 10.6. The smallest absolute Gasteiger partial charge is 0.0721 e. The van der Waals surface area contributed by atoms with Gasteiger partial charge in [0, 0.05) is 12.1 Å². The van der Waals surface area contributed by atoms with Gasteiger partial charge in [0.25, 0.3) is 0 Å². The first-order valence-corrected chi connectivity index (χ1v) is 9.18. The van der Waals surface area contributed by atoms with Crippen LogP contribution in [-0.4, -0.2) is 23.3 Å². The molecule has 0 aromatic heterocycles. The maximum Gasteiger partial charge on any atom is 0.0721 e. The Balaban J connectivity index is 1.32. The van der Waals surface area contributed by atoms with Gasteiger partial charge in [-0.2, -0.15) is 0 Å². The van der Waals surface area contributed by atoms with Crippen LogP contribution in [0.5, 0.6) is 0 Å². The Morgan fingerprint density at radius 3 is 2.30 bits per heavy atom. The molecule has 0 aromatic rings. The largest absolute Gasteiger partial charge is 0.391 e. The van der Waals surface area contributed by atoms with E-state index in [1.54, 1.807) is 0 Å². The van der Waals surface area contributed by atoms with Gasteiger partial charge >= 0.3 is 0 Å². The Labute approximate surface area is 123 Å². The molecular formula is C18H31NO. The van der Waals surface area contributed by atoms with Gasteiger partial charge in [0.15, 0.2) is 0 Å². The lowest BCUT2D eigenvalue weighted by molar-refractivity contribution is 0.0641. The van der Waals surface area contributed by atoms with Crippen LogP contribution in [0.3, 0.4) is 0 Å². The summed E-state index contributed by atoms with van der Waals surface area (Å²) in [6, 6.07) is 1.12. The summed E-state index contributed by atoms with van der Waals surface area (Å²) in [5.41, 5.74) is 0.775. The van der Waals surface area contributed by atoms with Crippen LogP contribution in [0.25, 0.3) is 0 Å². The standard InChI is InChI=1S/C18H31NO/c20-17(14-6-7-14)16(10-13-4-2-1-3-5-13)19-15-11-18(12-15)8-9-18/h13-17,19-20H,1-12H2/t16-,17?/m1/s1. The van der Waals surface area contributed by atoms with E-state index in [-0.39, 0.29) is 6.10 Å². The van der Waals surface area contributed by atoms with E-state index in [9.17, 15) is 5.11 Å². The normalized spacial score (nSPS) is 32.9. The van der Waals surface area contributed by atoms with Crippen molar-refractivity contribution in [2.45, 2.75) is 95.2 Å². The molecule has 2 heteroatoms. The minimum absolute atomic E-state index is 0.0623. The van der Waals surface area contributed by atoms with Crippen LogP contribution in [0.1, 0.15) is 77.0 Å². The Kier molecular flexibility index (Phi) is 3.58. The van der Waals surface area contributed by atoms with Crippen molar-refractivity contribution in [1.29, 1.82) is 0 Å². The average molecular weight is 277 g/mol. The van der Waals surface area contributed by atoms with Gasteiger partial charge in [0.05, 0.1) is 6.10 Å². The van der Waals surface area contributed by atoms with Crippen LogP contribution in [-0.2, 0) is 0 Å². The van der Waals surface area contributed by atoms with E-state index in [0.29, 0.717) is 12.0 Å². The molecule has 0 bridgehead atoms. The number of aliphatic hydroxyl groups is 1. The molecule has 0 amide bonds. The van der Waals surface area contributed by atoms with E-state index in [1.165, 1.54) is 77.0 Å². The first-order chi connectivity index (χ1) is 9.74. The van der Waals surface area contributed by atoms with E-state index >= 15 is 0 Å². The molecule has 114 valence electrons. The van der Waals surface area contributed by atoms with Gasteiger partial charge in [-0.05, 0) is 62.2 Å². The first-order valence-electron chi connectivity index (χ1n) is 9.18. The third-order valence-corrected chi connectivity index (χ3v) is 6.59. The second-order valence-electron chi connectivity index (χ2n) is 8.45. The van der Waals surface area contributed by atoms with Gasteiger partial charge < -0.3 is 10.4 Å². The Hall–Kier alpha value is -0.0800. The molecular weight excluding hydrogens is 246 g/mol. The van der Waals surface area contributed by atoms with E-state index in [1.807, 2.05) is 0 Å². The van der Waals surface area contributed by atoms with Crippen molar-refractivity contribution in [3.05, 3.63) is 0 Å². The molecule has 4 aliphatic rings. The fourth-order valence-electron chi connectivity index (χ4n) is 4.85. The van der Waals surface area contributed by atoms with Crippen LogP contribution in [0.15, 0.2) is 0 Å². The van der Waals surface area contributed by atoms with Crippen molar-refractivity contribution < 1.29 is 5.11 Å². The van der Waals surface area contributed by atoms with Gasteiger partial charge in [-0.25, -0.2) is 0 Å². The fourth-order valence-corrected chi connectivity index (χ4v) is 4.85. The molecule has 0 aliphatic heterocycles. The molecule has 4 saturated carbocycles. The highest BCUT2D eigenvalue weighted by Crippen LogP contribution is 2.60. The predicted octanol–water partition coefficient (Wildman–Crippen LogP) is 3.63. The molecule has 4 aliphatic carbocycles. The lowest BCUT2D eigenvalue weighted by Gasteiger charge is -2.41. The van der Waals surface area contributed by atoms with Gasteiger partial charge in [0.2, 0.25) is 0 Å². The monoisotopic (exact) mass is 277 g/mol. The third kappa shape index (κ3) is 2.92. The zero-order chi connectivity index (χ0) is 13.6. The van der Waals surface area contributed by atoms with Crippen molar-refractivity contribution >= 4 is 0 Å². The maximum atomic E-state index is 10.6. The predicted molar refractivity (Wildman–Crippen MR) is 81.5 cm³/mol. The lowest BCUT2D eigenvalue weighted by atomic mass is 9.75. The van der Waals surface area contributed by atoms with Crippen molar-refractivity contribution in [2.75, 3.05) is 0 Å². The van der Waals surface area contributed by atoms with Gasteiger partial charge in [-0.15, -0.1) is 0 Å². The summed E-state index contributed by atoms with van der Waals surface area (Å²) < 4.78 is 0. The van der Waals surface area contributed by atoms with Crippen LogP contribution < -0.4 is 5.32 Å². The molecule has 4 rings (SSSR count). The Morgan fingerprint density at radius 2 is 1.70 bits per heavy atom. The van der Waals surface area contributed by atoms with Crippen molar-refractivity contribution in [3.63, 3.8) is 0 Å². The number of rotatable bonds is 6. The number of nitrogens with one attached hydrogen (secondary N) is 1. The van der Waals surface area contributed by atoms with E-state index in [2.05, 4.69) is 5.32 Å². The number of hydrogen-bond acceptors (Lipinski definition) is 2. The summed E-state index contributed by atoms with van der Waals surface area (Å²) >= 11 is 0. The molecule has 2 N–H and O–H groups in total. The van der Waals surface area contributed by atoms with E-state index in [0.717, 1.165) is 17.4 Å². The highest BCUT2D eigenvalue weighted by molar-refractivity contribution is 5.08. The Morgan fingerprint density at radius 1 is 1.00 bits per heavy atom. The summed E-state index contributed by atoms with van der Waals surface area (Å²) in [6.07, 6.45) is 16.5. The molecule has 0 aromatic carbocycles. The van der Waals surface area contributed by atoms with Gasteiger partial charge in [-0.1, -0.05) is 32.1 Å². The molecule has 20 heavy (non-hydrogen) atoms. The molecule has 4 fully saturated rings. The SMILES string of the molecule is OC(C1CC1)[C@@H](CC1CCCCC1)NC1CC2(CC2)C1. The molecule has 1 spiro atoms. The number of aliphatic hydroxyl groups excluding tert-OH is 1. The molecule has 2 nitrogen and oxygen atoms in total. The zero-order valence-corrected chi connectivity index (χ0v) is 12.8. The quantitative estimate of drug-likeness (QED) is 0.777. The minimum Gasteiger partial charge on any atom is -0.391 e. The zero-order valence-electron chi connectivity index (χ0n) is 12.8. The minimum atomic E-state index is -0.0623. The third-order valence-electron chi connectivity index (χ3n) is 6.59. The van der Waals surface area contributed by atoms with E-state index in [4.69, 9.17) is 0 Å². The van der Waals surface area contributed by atoms with Crippen LogP contribution in [0, 0.1) is 17.3 Å². The second kappa shape index (κ2) is 5.28. The summed E-state index contributed by atoms with van der Waals surface area (Å²) in [7, 11) is 0. The van der Waals surface area contributed by atoms with Crippen LogP contribution in [0.2, 0.25) is 0 Å². The van der Waals surface area contributed by atoms with Crippen LogP contribution >= 0.6 is 0 Å². The summed E-state index contributed by atoms with van der Waals surface area (Å²) in [5, 5.41) is 14.5. The summed E-state index contributed by atoms with van der Waals surface area (Å²) in [5.74, 6) is 1.50. The second-order valence-corrected chi connectivity index (χ2v) is 8.45. The topological polar surface area (TPSA) is 32.3 Å². The molecule has 0 heterocycles. The number of hydrogen-bond donors (Lipinski definition) is 2. The molecule has 0 saturated heterocycles. The summed E-state index contributed by atoms with van der Waals surface area (Å²) in [6.45, 7) is 0.